The molecule has 4 atom stereocenters. The maximum Gasteiger partial charge on any atom is 0.340 e. The Morgan fingerprint density at radius 2 is 1.83 bits per heavy atom. The highest BCUT2D eigenvalue weighted by Crippen LogP contribution is 2.67. The summed E-state index contributed by atoms with van der Waals surface area (Å²) in [5, 5.41) is 11.1. The van der Waals surface area contributed by atoms with Crippen LogP contribution in [0.1, 0.15) is 49.0 Å². The normalized spacial score (nSPS) is 25.8. The molecular weight excluding hydrogens is 582 g/mol. The van der Waals surface area contributed by atoms with Gasteiger partial charge >= 0.3 is 5.97 Å². The number of carbonyl (C=O) groups excluding carboxylic acids is 3. The van der Waals surface area contributed by atoms with Crippen molar-refractivity contribution in [3.8, 4) is 17.2 Å². The summed E-state index contributed by atoms with van der Waals surface area (Å²) < 4.78 is 22.3. The number of esters is 1. The molecule has 2 unspecified atom stereocenters. The van der Waals surface area contributed by atoms with E-state index in [2.05, 4.69) is 9.97 Å². The van der Waals surface area contributed by atoms with Gasteiger partial charge in [0, 0.05) is 51.9 Å². The third kappa shape index (κ3) is 3.75. The molecule has 13 heteroatoms. The molecule has 1 saturated carbocycles. The minimum absolute atomic E-state index is 0.0487. The van der Waals surface area contributed by atoms with E-state index >= 15 is 0 Å². The number of piperidine rings is 1. The first-order valence-corrected chi connectivity index (χ1v) is 16.0. The van der Waals surface area contributed by atoms with E-state index in [0.717, 1.165) is 0 Å². The molecule has 0 radical (unpaired) electrons. The summed E-state index contributed by atoms with van der Waals surface area (Å²) in [6, 6.07) is 3.49. The first kappa shape index (κ1) is 27.3. The number of rotatable bonds is 6. The van der Waals surface area contributed by atoms with Gasteiger partial charge in [0.2, 0.25) is 11.5 Å². The van der Waals surface area contributed by atoms with Crippen molar-refractivity contribution >= 4 is 50.2 Å². The minimum Gasteiger partial charge on any atom is -0.493 e. The molecular formula is C29H29N3O8S2. The lowest BCUT2D eigenvalue weighted by molar-refractivity contribution is -0.00196. The first-order chi connectivity index (χ1) is 20.2. The second-order valence-corrected chi connectivity index (χ2v) is 13.5. The standard InChI is InChI=1S/C29H29N3O8S2/c1-12-21(28(36)40-19-11-42-41-10-17(19)34)22-24(30-12)16(33)7-20-29(22)8-14(29)9-32(20)27(35)15-5-13-6-18(37-2)25(38-3)26(39-4)23(13)31-15/h5-7,14,17,19,30-31,34H,8-11H2,1-4H3/t14-,17?,19?,29+/m1/s1. The van der Waals surface area contributed by atoms with Crippen LogP contribution in [0.4, 0.5) is 0 Å². The Balaban J connectivity index is 1.24. The second kappa shape index (κ2) is 9.75. The van der Waals surface area contributed by atoms with Gasteiger partial charge in [-0.15, -0.1) is 0 Å². The fraction of sp³-hybridized carbons (Fsp3) is 0.414. The number of H-pyrrole nitrogens is 2. The quantitative estimate of drug-likeness (QED) is 0.279. The molecule has 11 nitrogen and oxygen atoms in total. The average molecular weight is 612 g/mol. The van der Waals surface area contributed by atoms with Crippen molar-refractivity contribution in [1.82, 2.24) is 14.9 Å². The Hall–Kier alpha value is -3.55. The predicted octanol–water partition coefficient (Wildman–Crippen LogP) is 3.61. The number of nitrogens with zero attached hydrogens (tertiary/aromatic N) is 1. The van der Waals surface area contributed by atoms with Gasteiger partial charge < -0.3 is 38.9 Å². The fourth-order valence-electron chi connectivity index (χ4n) is 6.73. The number of fused-ring (bicyclic) bond motifs is 2. The number of aliphatic hydroxyl groups is 1. The number of aromatic amines is 2. The number of hydrogen-bond donors (Lipinski definition) is 3. The van der Waals surface area contributed by atoms with E-state index in [4.69, 9.17) is 18.9 Å². The van der Waals surface area contributed by atoms with Gasteiger partial charge in [-0.05, 0) is 31.4 Å². The smallest absolute Gasteiger partial charge is 0.340 e. The molecule has 2 aliphatic carbocycles. The molecule has 4 heterocycles. The molecule has 7 rings (SSSR count). The molecule has 42 heavy (non-hydrogen) atoms. The summed E-state index contributed by atoms with van der Waals surface area (Å²) in [4.78, 5) is 48.9. The summed E-state index contributed by atoms with van der Waals surface area (Å²) in [6.07, 6.45) is 0.849. The number of benzene rings is 1. The highest BCUT2D eigenvalue weighted by atomic mass is 33.1. The van der Waals surface area contributed by atoms with Crippen LogP contribution in [0.25, 0.3) is 10.9 Å². The topological polar surface area (TPSA) is 143 Å². The first-order valence-electron chi connectivity index (χ1n) is 13.5. The largest absolute Gasteiger partial charge is 0.493 e. The number of carbonyl (C=O) groups is 3. The van der Waals surface area contributed by atoms with Crippen molar-refractivity contribution in [3.63, 3.8) is 0 Å². The Morgan fingerprint density at radius 3 is 2.55 bits per heavy atom. The lowest BCUT2D eigenvalue weighted by atomic mass is 9.82. The molecule has 1 spiro atoms. The molecule has 2 aliphatic heterocycles. The molecule has 0 bridgehead atoms. The third-order valence-electron chi connectivity index (χ3n) is 8.75. The molecule has 2 aromatic heterocycles. The van der Waals surface area contributed by atoms with Crippen LogP contribution in [-0.4, -0.2) is 89.2 Å². The van der Waals surface area contributed by atoms with Gasteiger partial charge in [-0.3, -0.25) is 9.59 Å². The zero-order valence-corrected chi connectivity index (χ0v) is 25.0. The van der Waals surface area contributed by atoms with Crippen molar-refractivity contribution in [2.45, 2.75) is 31.0 Å². The van der Waals surface area contributed by atoms with Gasteiger partial charge in [0.15, 0.2) is 11.5 Å². The van der Waals surface area contributed by atoms with E-state index in [1.54, 1.807) is 45.5 Å². The Morgan fingerprint density at radius 1 is 1.07 bits per heavy atom. The zero-order valence-electron chi connectivity index (χ0n) is 23.4. The number of aryl methyl sites for hydroxylation is 1. The maximum atomic E-state index is 14.0. The number of hydrogen-bond acceptors (Lipinski definition) is 10. The van der Waals surface area contributed by atoms with Crippen LogP contribution in [0.3, 0.4) is 0 Å². The van der Waals surface area contributed by atoms with Crippen LogP contribution in [0.15, 0.2) is 23.9 Å². The minimum atomic E-state index is -0.756. The number of ketones is 1. The molecule has 1 aromatic carbocycles. The van der Waals surface area contributed by atoms with Crippen molar-refractivity contribution in [1.29, 1.82) is 0 Å². The number of aromatic nitrogens is 2. The lowest BCUT2D eigenvalue weighted by Gasteiger charge is -2.29. The number of amides is 1. The van der Waals surface area contributed by atoms with Crippen molar-refractivity contribution < 1.29 is 38.4 Å². The van der Waals surface area contributed by atoms with Crippen LogP contribution in [0.5, 0.6) is 17.2 Å². The van der Waals surface area contributed by atoms with Crippen molar-refractivity contribution in [3.05, 3.63) is 52.1 Å². The van der Waals surface area contributed by atoms with Gasteiger partial charge in [0.05, 0.1) is 38.1 Å². The van der Waals surface area contributed by atoms with Crippen LogP contribution in [-0.2, 0) is 10.2 Å². The number of nitrogens with one attached hydrogen (secondary N) is 2. The van der Waals surface area contributed by atoms with Gasteiger partial charge in [-0.2, -0.15) is 0 Å². The Kier molecular flexibility index (Phi) is 6.33. The summed E-state index contributed by atoms with van der Waals surface area (Å²) in [6.45, 7) is 2.15. The van der Waals surface area contributed by atoms with E-state index in [1.165, 1.54) is 27.4 Å². The summed E-state index contributed by atoms with van der Waals surface area (Å²) in [7, 11) is 7.65. The average Bonchev–Trinajstić information content (AvgIpc) is 3.24. The lowest BCUT2D eigenvalue weighted by Crippen LogP contribution is -2.38. The van der Waals surface area contributed by atoms with E-state index in [-0.39, 0.29) is 17.6 Å². The number of allylic oxidation sites excluding steroid dienone is 2. The monoisotopic (exact) mass is 611 g/mol. The van der Waals surface area contributed by atoms with Gasteiger partial charge in [-0.1, -0.05) is 21.6 Å². The molecule has 4 aliphatic rings. The van der Waals surface area contributed by atoms with Crippen LogP contribution < -0.4 is 14.2 Å². The molecule has 3 aromatic rings. The Bertz CT molecular complexity index is 1710. The molecule has 3 N–H and O–H groups in total. The second-order valence-electron chi connectivity index (χ2n) is 10.9. The van der Waals surface area contributed by atoms with Crippen LogP contribution >= 0.6 is 21.6 Å². The number of aliphatic hydroxyl groups excluding tert-OH is 1. The number of likely N-dealkylation sites (tertiary alicyclic amines) is 1. The van der Waals surface area contributed by atoms with E-state index in [0.29, 0.717) is 86.5 Å². The molecule has 1 amide bonds. The fourth-order valence-corrected chi connectivity index (χ4v) is 9.10. The third-order valence-corrected chi connectivity index (χ3v) is 11.2. The van der Waals surface area contributed by atoms with E-state index in [9.17, 15) is 19.5 Å². The summed E-state index contributed by atoms with van der Waals surface area (Å²) in [5.41, 5.74) is 2.69. The van der Waals surface area contributed by atoms with Crippen molar-refractivity contribution in [2.24, 2.45) is 5.92 Å². The molecule has 220 valence electrons. The van der Waals surface area contributed by atoms with Crippen molar-refractivity contribution in [2.75, 3.05) is 39.4 Å². The summed E-state index contributed by atoms with van der Waals surface area (Å²) >= 11 is 0. The SMILES string of the molecule is COc1cc2cc(C(=O)N3C[C@H]4C[C@@]45C3=CC(=O)c3[nH]c(C)c(C(=O)OC4CSSCC4O)c35)[nH]c2c(OC)c1OC. The van der Waals surface area contributed by atoms with E-state index < -0.39 is 23.6 Å². The highest BCUT2D eigenvalue weighted by molar-refractivity contribution is 8.76. The van der Waals surface area contributed by atoms with E-state index in [1.807, 2.05) is 0 Å². The van der Waals surface area contributed by atoms with Crippen LogP contribution in [0.2, 0.25) is 0 Å². The van der Waals surface area contributed by atoms with Gasteiger partial charge in [-0.25, -0.2) is 4.79 Å². The number of ether oxygens (including phenoxy) is 4. The maximum absolute atomic E-state index is 14.0. The molecule has 2 saturated heterocycles. The van der Waals surface area contributed by atoms with Gasteiger partial charge in [0.1, 0.15) is 17.9 Å². The number of methoxy groups -OCH3 is 3. The summed E-state index contributed by atoms with van der Waals surface area (Å²) in [5.74, 6) is 1.13. The predicted molar refractivity (Wildman–Crippen MR) is 157 cm³/mol. The van der Waals surface area contributed by atoms with Gasteiger partial charge in [0.25, 0.3) is 5.91 Å². The molecule has 3 fully saturated rings. The highest BCUT2D eigenvalue weighted by Gasteiger charge is 2.69. The zero-order chi connectivity index (χ0) is 29.5. The Labute approximate surface area is 248 Å². The van der Waals surface area contributed by atoms with Crippen LogP contribution in [0, 0.1) is 12.8 Å².